The summed E-state index contributed by atoms with van der Waals surface area (Å²) in [5.41, 5.74) is 1.60. The number of aryl methyl sites for hydroxylation is 1. The number of carbonyl (C=O) groups excluding carboxylic acids is 1. The number of hydrogen-bond acceptors (Lipinski definition) is 3. The van der Waals surface area contributed by atoms with Crippen LogP contribution in [0.25, 0.3) is 0 Å². The Morgan fingerprint density at radius 3 is 2.25 bits per heavy atom. The molecule has 0 fully saturated rings. The topological polar surface area (TPSA) is 35.5 Å². The van der Waals surface area contributed by atoms with Crippen LogP contribution in [0.4, 0.5) is 0 Å². The highest BCUT2D eigenvalue weighted by Crippen LogP contribution is 2.34. The van der Waals surface area contributed by atoms with Crippen LogP contribution in [-0.4, -0.2) is 19.5 Å². The second-order valence-electron chi connectivity index (χ2n) is 6.86. The van der Waals surface area contributed by atoms with Gasteiger partial charge < -0.3 is 9.47 Å². The Hall–Kier alpha value is -1.71. The van der Waals surface area contributed by atoms with Gasteiger partial charge in [0.15, 0.2) is 17.3 Å². The lowest BCUT2D eigenvalue weighted by Crippen LogP contribution is -2.08. The second kappa shape index (κ2) is 11.3. The molecule has 0 bridgehead atoms. The number of rotatable bonds is 11. The maximum Gasteiger partial charge on any atom is 0.196 e. The van der Waals surface area contributed by atoms with E-state index in [-0.39, 0.29) is 5.78 Å². The van der Waals surface area contributed by atoms with E-state index in [1.165, 1.54) is 25.7 Å². The maximum absolute atomic E-state index is 13.1. The van der Waals surface area contributed by atoms with Gasteiger partial charge in [0, 0.05) is 5.56 Å². The van der Waals surface area contributed by atoms with Crippen molar-refractivity contribution in [2.75, 3.05) is 13.7 Å². The normalized spacial score (nSPS) is 10.8. The molecule has 0 radical (unpaired) electrons. The van der Waals surface area contributed by atoms with Crippen LogP contribution in [0.2, 0.25) is 10.0 Å². The third kappa shape index (κ3) is 5.89. The average molecular weight is 423 g/mol. The second-order valence-corrected chi connectivity index (χ2v) is 7.67. The molecular weight excluding hydrogens is 395 g/mol. The van der Waals surface area contributed by atoms with Crippen molar-refractivity contribution in [3.63, 3.8) is 0 Å². The molecular formula is C23H28Cl2O3. The number of ketones is 1. The first-order chi connectivity index (χ1) is 13.5. The number of hydrogen-bond donors (Lipinski definition) is 0. The molecule has 2 rings (SSSR count). The van der Waals surface area contributed by atoms with Gasteiger partial charge >= 0.3 is 0 Å². The van der Waals surface area contributed by atoms with Crippen LogP contribution in [0.15, 0.2) is 30.3 Å². The summed E-state index contributed by atoms with van der Waals surface area (Å²) in [6.45, 7) is 4.66. The molecule has 28 heavy (non-hydrogen) atoms. The van der Waals surface area contributed by atoms with E-state index in [0.717, 1.165) is 18.4 Å². The Labute approximate surface area is 177 Å². The van der Waals surface area contributed by atoms with Gasteiger partial charge in [-0.15, -0.1) is 0 Å². The van der Waals surface area contributed by atoms with E-state index in [4.69, 9.17) is 32.7 Å². The van der Waals surface area contributed by atoms with Gasteiger partial charge in [-0.3, -0.25) is 4.79 Å². The van der Waals surface area contributed by atoms with E-state index < -0.39 is 0 Å². The van der Waals surface area contributed by atoms with E-state index in [0.29, 0.717) is 39.3 Å². The summed E-state index contributed by atoms with van der Waals surface area (Å²) in [5, 5.41) is 0.671. The molecule has 152 valence electrons. The fourth-order valence-corrected chi connectivity index (χ4v) is 3.66. The van der Waals surface area contributed by atoms with E-state index in [2.05, 4.69) is 6.92 Å². The quantitative estimate of drug-likeness (QED) is 0.281. The van der Waals surface area contributed by atoms with Crippen LogP contribution in [0, 0.1) is 6.92 Å². The Bertz CT molecular complexity index is 782. The zero-order valence-corrected chi connectivity index (χ0v) is 18.3. The highest BCUT2D eigenvalue weighted by atomic mass is 35.5. The van der Waals surface area contributed by atoms with Crippen molar-refractivity contribution in [1.29, 1.82) is 0 Å². The zero-order valence-electron chi connectivity index (χ0n) is 16.8. The molecule has 0 N–H and O–H groups in total. The predicted octanol–water partition coefficient (Wildman–Crippen LogP) is 7.28. The van der Waals surface area contributed by atoms with Crippen molar-refractivity contribution in [2.45, 2.75) is 52.4 Å². The van der Waals surface area contributed by atoms with Crippen molar-refractivity contribution < 1.29 is 14.3 Å². The van der Waals surface area contributed by atoms with Crippen molar-refractivity contribution in [3.05, 3.63) is 57.1 Å². The number of benzene rings is 2. The minimum atomic E-state index is -0.222. The van der Waals surface area contributed by atoms with Crippen molar-refractivity contribution >= 4 is 29.0 Å². The minimum Gasteiger partial charge on any atom is -0.493 e. The van der Waals surface area contributed by atoms with Gasteiger partial charge in [-0.05, 0) is 43.2 Å². The number of methoxy groups -OCH3 is 1. The van der Waals surface area contributed by atoms with Gasteiger partial charge in [0.05, 0.1) is 29.3 Å². The molecule has 5 heteroatoms. The largest absolute Gasteiger partial charge is 0.493 e. The van der Waals surface area contributed by atoms with Crippen LogP contribution >= 0.6 is 23.2 Å². The fraction of sp³-hybridized carbons (Fsp3) is 0.435. The summed E-state index contributed by atoms with van der Waals surface area (Å²) in [6.07, 6.45) is 7.11. The smallest absolute Gasteiger partial charge is 0.196 e. The fourth-order valence-electron chi connectivity index (χ4n) is 3.09. The maximum atomic E-state index is 13.1. The van der Waals surface area contributed by atoms with Crippen LogP contribution in [0.3, 0.4) is 0 Å². The molecule has 0 saturated heterocycles. The Kier molecular flexibility index (Phi) is 9.14. The minimum absolute atomic E-state index is 0.222. The van der Waals surface area contributed by atoms with E-state index in [1.807, 2.05) is 13.0 Å². The zero-order chi connectivity index (χ0) is 20.5. The lowest BCUT2D eigenvalue weighted by molar-refractivity contribution is 0.103. The first-order valence-electron chi connectivity index (χ1n) is 9.79. The monoisotopic (exact) mass is 422 g/mol. The van der Waals surface area contributed by atoms with Crippen molar-refractivity contribution in [1.82, 2.24) is 0 Å². The predicted molar refractivity (Wildman–Crippen MR) is 116 cm³/mol. The molecule has 0 unspecified atom stereocenters. The molecule has 2 aromatic rings. The van der Waals surface area contributed by atoms with Crippen molar-refractivity contribution in [3.8, 4) is 11.5 Å². The Morgan fingerprint density at radius 2 is 1.61 bits per heavy atom. The molecule has 0 spiro atoms. The van der Waals surface area contributed by atoms with Crippen molar-refractivity contribution in [2.24, 2.45) is 0 Å². The third-order valence-corrected chi connectivity index (χ3v) is 5.33. The number of ether oxygens (including phenoxy) is 2. The summed E-state index contributed by atoms with van der Waals surface area (Å²) < 4.78 is 11.4. The van der Waals surface area contributed by atoms with Gasteiger partial charge in [0.2, 0.25) is 0 Å². The van der Waals surface area contributed by atoms with Gasteiger partial charge in [0.1, 0.15) is 0 Å². The first kappa shape index (κ1) is 22.6. The summed E-state index contributed by atoms with van der Waals surface area (Å²) in [5.74, 6) is 0.957. The highest BCUT2D eigenvalue weighted by Gasteiger charge is 2.21. The molecule has 0 atom stereocenters. The molecule has 0 amide bonds. The number of unbranched alkanes of at least 4 members (excludes halogenated alkanes) is 5. The molecule has 2 aromatic carbocycles. The number of halogens is 2. The lowest BCUT2D eigenvalue weighted by atomic mass is 9.98. The molecule has 0 saturated carbocycles. The molecule has 0 aliphatic carbocycles. The van der Waals surface area contributed by atoms with Gasteiger partial charge in [-0.2, -0.15) is 0 Å². The lowest BCUT2D eigenvalue weighted by Gasteiger charge is -2.15. The van der Waals surface area contributed by atoms with E-state index in [9.17, 15) is 4.79 Å². The SMILES string of the molecule is CCCCCCCCOc1cc(C(=O)c2c(Cl)cccc2Cl)c(C)cc1OC. The van der Waals surface area contributed by atoms with Gasteiger partial charge in [0.25, 0.3) is 0 Å². The molecule has 0 aliphatic rings. The van der Waals surface area contributed by atoms with Gasteiger partial charge in [-0.1, -0.05) is 68.3 Å². The van der Waals surface area contributed by atoms with Crippen LogP contribution in [-0.2, 0) is 0 Å². The highest BCUT2D eigenvalue weighted by molar-refractivity contribution is 6.41. The summed E-state index contributed by atoms with van der Waals surface area (Å²) in [6, 6.07) is 8.59. The van der Waals surface area contributed by atoms with Gasteiger partial charge in [-0.25, -0.2) is 0 Å². The molecule has 0 aliphatic heterocycles. The van der Waals surface area contributed by atoms with E-state index in [1.54, 1.807) is 31.4 Å². The Morgan fingerprint density at radius 1 is 0.964 bits per heavy atom. The number of carbonyl (C=O) groups is 1. The molecule has 0 aromatic heterocycles. The third-order valence-electron chi connectivity index (χ3n) is 4.70. The van der Waals surface area contributed by atoms with Crippen LogP contribution in [0.1, 0.15) is 66.9 Å². The first-order valence-corrected chi connectivity index (χ1v) is 10.5. The van der Waals surface area contributed by atoms with Crippen LogP contribution < -0.4 is 9.47 Å². The summed E-state index contributed by atoms with van der Waals surface area (Å²) in [7, 11) is 1.60. The summed E-state index contributed by atoms with van der Waals surface area (Å²) in [4.78, 5) is 13.1. The average Bonchev–Trinajstić information content (AvgIpc) is 2.67. The summed E-state index contributed by atoms with van der Waals surface area (Å²) >= 11 is 12.4. The molecule has 3 nitrogen and oxygen atoms in total. The molecule has 0 heterocycles. The van der Waals surface area contributed by atoms with Crippen LogP contribution in [0.5, 0.6) is 11.5 Å². The standard InChI is InChI=1S/C23H28Cl2O3/c1-4-5-6-7-8-9-13-28-21-15-17(16(2)14-20(21)27-3)23(26)22-18(24)11-10-12-19(22)25/h10-12,14-15H,4-9,13H2,1-3H3. The Balaban J connectivity index is 2.16. The van der Waals surface area contributed by atoms with E-state index >= 15 is 0 Å².